The number of benzene rings is 1. The summed E-state index contributed by atoms with van der Waals surface area (Å²) in [6.07, 6.45) is 2.31. The number of anilines is 1. The zero-order valence-corrected chi connectivity index (χ0v) is 12.8. The summed E-state index contributed by atoms with van der Waals surface area (Å²) in [6, 6.07) is 5.85. The molecule has 1 aromatic rings. The Morgan fingerprint density at radius 1 is 1.30 bits per heavy atom. The van der Waals surface area contributed by atoms with Crippen LogP contribution >= 0.6 is 0 Å². The van der Waals surface area contributed by atoms with Crippen molar-refractivity contribution in [2.75, 3.05) is 38.6 Å². The SMILES string of the molecule is CCN1CCC(N(C)c2cc(F)cc(CNC)c2)CC1. The molecule has 1 heterocycles. The average molecular weight is 279 g/mol. The zero-order valence-electron chi connectivity index (χ0n) is 12.8. The van der Waals surface area contributed by atoms with Crippen LogP contribution < -0.4 is 10.2 Å². The molecule has 1 N–H and O–H groups in total. The van der Waals surface area contributed by atoms with E-state index in [0.29, 0.717) is 12.6 Å². The summed E-state index contributed by atoms with van der Waals surface area (Å²) in [7, 11) is 3.97. The predicted octanol–water partition coefficient (Wildman–Crippen LogP) is 2.47. The molecule has 0 bridgehead atoms. The van der Waals surface area contributed by atoms with Crippen LogP contribution in [0.1, 0.15) is 25.3 Å². The molecule has 1 aliphatic rings. The molecule has 0 radical (unpaired) electrons. The van der Waals surface area contributed by atoms with Crippen molar-refractivity contribution in [2.45, 2.75) is 32.4 Å². The molecule has 1 aromatic carbocycles. The molecule has 0 unspecified atom stereocenters. The number of hydrogen-bond acceptors (Lipinski definition) is 3. The molecule has 20 heavy (non-hydrogen) atoms. The molecule has 1 fully saturated rings. The molecular formula is C16H26FN3. The highest BCUT2D eigenvalue weighted by molar-refractivity contribution is 5.49. The molecule has 112 valence electrons. The summed E-state index contributed by atoms with van der Waals surface area (Å²) in [5, 5.41) is 3.08. The summed E-state index contributed by atoms with van der Waals surface area (Å²) in [5.74, 6) is -0.148. The summed E-state index contributed by atoms with van der Waals surface area (Å²) >= 11 is 0. The Hall–Kier alpha value is -1.13. The number of nitrogens with one attached hydrogen (secondary N) is 1. The summed E-state index contributed by atoms with van der Waals surface area (Å²) < 4.78 is 13.7. The number of hydrogen-bond donors (Lipinski definition) is 1. The minimum absolute atomic E-state index is 0.148. The second kappa shape index (κ2) is 7.04. The van der Waals surface area contributed by atoms with Crippen LogP contribution in [0.25, 0.3) is 0 Å². The molecular weight excluding hydrogens is 253 g/mol. The topological polar surface area (TPSA) is 18.5 Å². The molecule has 1 saturated heterocycles. The third-order valence-corrected chi connectivity index (χ3v) is 4.28. The predicted molar refractivity (Wildman–Crippen MR) is 82.7 cm³/mol. The van der Waals surface area contributed by atoms with E-state index < -0.39 is 0 Å². The average Bonchev–Trinajstić information content (AvgIpc) is 2.46. The maximum atomic E-state index is 13.7. The number of piperidine rings is 1. The Labute approximate surface area is 121 Å². The number of rotatable bonds is 5. The molecule has 0 saturated carbocycles. The van der Waals surface area contributed by atoms with Gasteiger partial charge < -0.3 is 15.1 Å². The van der Waals surface area contributed by atoms with E-state index in [1.165, 1.54) is 0 Å². The number of likely N-dealkylation sites (tertiary alicyclic amines) is 1. The normalized spacial score (nSPS) is 17.4. The Balaban J connectivity index is 2.07. The van der Waals surface area contributed by atoms with Crippen LogP contribution in [0.3, 0.4) is 0 Å². The quantitative estimate of drug-likeness (QED) is 0.893. The van der Waals surface area contributed by atoms with E-state index >= 15 is 0 Å². The van der Waals surface area contributed by atoms with E-state index in [1.54, 1.807) is 12.1 Å². The molecule has 0 aromatic heterocycles. The second-order valence-corrected chi connectivity index (χ2v) is 5.62. The van der Waals surface area contributed by atoms with Crippen LogP contribution in [0.4, 0.5) is 10.1 Å². The second-order valence-electron chi connectivity index (χ2n) is 5.62. The van der Waals surface area contributed by atoms with Gasteiger partial charge in [-0.3, -0.25) is 0 Å². The van der Waals surface area contributed by atoms with Gasteiger partial charge in [-0.25, -0.2) is 4.39 Å². The van der Waals surface area contributed by atoms with Crippen molar-refractivity contribution < 1.29 is 4.39 Å². The lowest BCUT2D eigenvalue weighted by Crippen LogP contribution is -2.43. The van der Waals surface area contributed by atoms with Gasteiger partial charge in [0.15, 0.2) is 0 Å². The van der Waals surface area contributed by atoms with Gasteiger partial charge in [-0.2, -0.15) is 0 Å². The van der Waals surface area contributed by atoms with Gasteiger partial charge in [0.2, 0.25) is 0 Å². The molecule has 4 heteroatoms. The highest BCUT2D eigenvalue weighted by Gasteiger charge is 2.22. The standard InChI is InChI=1S/C16H26FN3/c1-4-20-7-5-15(6-8-20)19(3)16-10-13(12-18-2)9-14(17)11-16/h9-11,15,18H,4-8,12H2,1-3H3. The Bertz CT molecular complexity index is 428. The zero-order chi connectivity index (χ0) is 14.5. The molecule has 2 rings (SSSR count). The van der Waals surface area contributed by atoms with Crippen LogP contribution in [0, 0.1) is 5.82 Å². The third kappa shape index (κ3) is 3.70. The van der Waals surface area contributed by atoms with Crippen molar-refractivity contribution in [2.24, 2.45) is 0 Å². The van der Waals surface area contributed by atoms with Crippen LogP contribution in [0.15, 0.2) is 18.2 Å². The lowest BCUT2D eigenvalue weighted by Gasteiger charge is -2.37. The fraction of sp³-hybridized carbons (Fsp3) is 0.625. The van der Waals surface area contributed by atoms with Crippen molar-refractivity contribution in [1.29, 1.82) is 0 Å². The molecule has 1 aliphatic heterocycles. The molecule has 0 atom stereocenters. The van der Waals surface area contributed by atoms with E-state index in [-0.39, 0.29) is 5.82 Å². The van der Waals surface area contributed by atoms with E-state index in [1.807, 2.05) is 7.05 Å². The smallest absolute Gasteiger partial charge is 0.125 e. The van der Waals surface area contributed by atoms with Gasteiger partial charge in [-0.05, 0) is 50.2 Å². The largest absolute Gasteiger partial charge is 0.371 e. The van der Waals surface area contributed by atoms with Gasteiger partial charge in [0, 0.05) is 38.4 Å². The van der Waals surface area contributed by atoms with Crippen LogP contribution in [0.2, 0.25) is 0 Å². The minimum atomic E-state index is -0.148. The maximum Gasteiger partial charge on any atom is 0.125 e. The van der Waals surface area contributed by atoms with E-state index in [9.17, 15) is 4.39 Å². The first-order valence-corrected chi connectivity index (χ1v) is 7.53. The molecule has 0 spiro atoms. The Kier molecular flexibility index (Phi) is 5.38. The van der Waals surface area contributed by atoms with Gasteiger partial charge in [-0.1, -0.05) is 6.92 Å². The summed E-state index contributed by atoms with van der Waals surface area (Å²) in [6.45, 7) is 6.32. The molecule has 0 aliphatic carbocycles. The first-order chi connectivity index (χ1) is 9.63. The monoisotopic (exact) mass is 279 g/mol. The number of halogens is 1. The van der Waals surface area contributed by atoms with E-state index in [4.69, 9.17) is 0 Å². The van der Waals surface area contributed by atoms with Gasteiger partial charge in [0.25, 0.3) is 0 Å². The van der Waals surface area contributed by atoms with Crippen molar-refractivity contribution in [1.82, 2.24) is 10.2 Å². The maximum absolute atomic E-state index is 13.7. The van der Waals surface area contributed by atoms with E-state index in [2.05, 4.69) is 35.2 Å². The Morgan fingerprint density at radius 2 is 2.00 bits per heavy atom. The van der Waals surface area contributed by atoms with Gasteiger partial charge in [-0.15, -0.1) is 0 Å². The molecule has 0 amide bonds. The van der Waals surface area contributed by atoms with Gasteiger partial charge in [0.05, 0.1) is 0 Å². The first-order valence-electron chi connectivity index (χ1n) is 7.53. The highest BCUT2D eigenvalue weighted by atomic mass is 19.1. The van der Waals surface area contributed by atoms with Crippen molar-refractivity contribution >= 4 is 5.69 Å². The number of nitrogens with zero attached hydrogens (tertiary/aromatic N) is 2. The van der Waals surface area contributed by atoms with E-state index in [0.717, 1.165) is 43.7 Å². The fourth-order valence-corrected chi connectivity index (χ4v) is 2.98. The van der Waals surface area contributed by atoms with Crippen LogP contribution in [0.5, 0.6) is 0 Å². The fourth-order valence-electron chi connectivity index (χ4n) is 2.98. The Morgan fingerprint density at radius 3 is 2.60 bits per heavy atom. The summed E-state index contributed by atoms with van der Waals surface area (Å²) in [4.78, 5) is 4.72. The van der Waals surface area contributed by atoms with Crippen molar-refractivity contribution in [3.8, 4) is 0 Å². The summed E-state index contributed by atoms with van der Waals surface area (Å²) in [5.41, 5.74) is 1.99. The lowest BCUT2D eigenvalue weighted by molar-refractivity contribution is 0.221. The van der Waals surface area contributed by atoms with Crippen molar-refractivity contribution in [3.05, 3.63) is 29.6 Å². The first kappa shape index (κ1) is 15.3. The van der Waals surface area contributed by atoms with Gasteiger partial charge >= 0.3 is 0 Å². The third-order valence-electron chi connectivity index (χ3n) is 4.28. The van der Waals surface area contributed by atoms with Crippen molar-refractivity contribution in [3.63, 3.8) is 0 Å². The van der Waals surface area contributed by atoms with Crippen LogP contribution in [-0.4, -0.2) is 44.7 Å². The highest BCUT2D eigenvalue weighted by Crippen LogP contribution is 2.24. The minimum Gasteiger partial charge on any atom is -0.371 e. The van der Waals surface area contributed by atoms with Crippen LogP contribution in [-0.2, 0) is 6.54 Å². The van der Waals surface area contributed by atoms with Gasteiger partial charge in [0.1, 0.15) is 5.82 Å². The lowest BCUT2D eigenvalue weighted by atomic mass is 10.0. The molecule has 3 nitrogen and oxygen atoms in total.